The molecule has 152 valence electrons. The van der Waals surface area contributed by atoms with E-state index in [0.29, 0.717) is 0 Å². The van der Waals surface area contributed by atoms with Crippen molar-refractivity contribution in [3.05, 3.63) is 34.7 Å². The summed E-state index contributed by atoms with van der Waals surface area (Å²) < 4.78 is 3.55. The van der Waals surface area contributed by atoms with Crippen LogP contribution < -0.4 is 11.0 Å². The largest absolute Gasteiger partial charge is 0.358 e. The van der Waals surface area contributed by atoms with Crippen molar-refractivity contribution in [3.63, 3.8) is 0 Å². The van der Waals surface area contributed by atoms with Crippen LogP contribution in [0.25, 0.3) is 11.0 Å². The molecule has 0 atom stereocenters. The molecule has 1 aromatic carbocycles. The van der Waals surface area contributed by atoms with E-state index in [9.17, 15) is 9.59 Å². The third-order valence-electron chi connectivity index (χ3n) is 6.61. The second-order valence-corrected chi connectivity index (χ2v) is 8.44. The van der Waals surface area contributed by atoms with E-state index in [1.165, 1.54) is 38.6 Å². The van der Waals surface area contributed by atoms with Crippen LogP contribution in [0.4, 0.5) is 0 Å². The molecule has 2 aliphatic rings. The fraction of sp³-hybridized carbons (Fsp3) is 0.636. The van der Waals surface area contributed by atoms with Crippen LogP contribution >= 0.6 is 0 Å². The molecule has 2 heterocycles. The normalized spacial score (nSPS) is 19.9. The van der Waals surface area contributed by atoms with E-state index in [1.54, 1.807) is 11.6 Å². The lowest BCUT2D eigenvalue weighted by Crippen LogP contribution is -2.40. The molecule has 2 aromatic rings. The topological polar surface area (TPSA) is 59.3 Å². The van der Waals surface area contributed by atoms with Gasteiger partial charge in [0.15, 0.2) is 0 Å². The maximum absolute atomic E-state index is 13.2. The third kappa shape index (κ3) is 3.88. The summed E-state index contributed by atoms with van der Waals surface area (Å²) in [6, 6.07) is 8.06. The SMILES string of the molecule is CNC(=O)Cn1c(=O)n(C2CCN(CC3CCCCC3)CC2)c2ccccc21. The molecule has 0 spiro atoms. The van der Waals surface area contributed by atoms with Gasteiger partial charge in [-0.15, -0.1) is 0 Å². The van der Waals surface area contributed by atoms with Gasteiger partial charge < -0.3 is 10.2 Å². The van der Waals surface area contributed by atoms with Crippen LogP contribution in [0.1, 0.15) is 51.0 Å². The predicted molar refractivity (Wildman–Crippen MR) is 112 cm³/mol. The molecule has 0 radical (unpaired) electrons. The van der Waals surface area contributed by atoms with Crippen molar-refractivity contribution in [2.45, 2.75) is 57.5 Å². The van der Waals surface area contributed by atoms with Crippen molar-refractivity contribution in [1.82, 2.24) is 19.4 Å². The van der Waals surface area contributed by atoms with Crippen LogP contribution in [0, 0.1) is 5.92 Å². The number of para-hydroxylation sites is 2. The van der Waals surface area contributed by atoms with Crippen molar-refractivity contribution < 1.29 is 4.79 Å². The second-order valence-electron chi connectivity index (χ2n) is 8.44. The molecule has 1 aliphatic heterocycles. The summed E-state index contributed by atoms with van der Waals surface area (Å²) in [6.45, 7) is 3.41. The average Bonchev–Trinajstić information content (AvgIpc) is 3.01. The number of nitrogens with zero attached hydrogens (tertiary/aromatic N) is 3. The molecule has 1 aromatic heterocycles. The van der Waals surface area contributed by atoms with Crippen LogP contribution in [0.3, 0.4) is 0 Å². The summed E-state index contributed by atoms with van der Waals surface area (Å²) in [5.74, 6) is 0.717. The molecule has 1 saturated heterocycles. The number of carbonyl (C=O) groups excluding carboxylic acids is 1. The first-order valence-corrected chi connectivity index (χ1v) is 10.8. The lowest BCUT2D eigenvalue weighted by Gasteiger charge is -2.35. The third-order valence-corrected chi connectivity index (χ3v) is 6.61. The van der Waals surface area contributed by atoms with Crippen molar-refractivity contribution in [2.75, 3.05) is 26.7 Å². The van der Waals surface area contributed by atoms with E-state index in [-0.39, 0.29) is 24.2 Å². The number of carbonyl (C=O) groups is 1. The van der Waals surface area contributed by atoms with Crippen molar-refractivity contribution in [3.8, 4) is 0 Å². The standard InChI is InChI=1S/C22H32N4O2/c1-23-21(27)16-25-19-9-5-6-10-20(19)26(22(25)28)18-11-13-24(14-12-18)15-17-7-3-2-4-8-17/h5-6,9-10,17-18H,2-4,7-8,11-16H2,1H3,(H,23,27). The molecule has 0 unspecified atom stereocenters. The van der Waals surface area contributed by atoms with E-state index in [1.807, 2.05) is 28.8 Å². The first kappa shape index (κ1) is 19.2. The Balaban J connectivity index is 1.51. The zero-order chi connectivity index (χ0) is 19.5. The van der Waals surface area contributed by atoms with Crippen LogP contribution in [0.15, 0.2) is 29.1 Å². The zero-order valence-electron chi connectivity index (χ0n) is 16.9. The Bertz CT molecular complexity index is 870. The number of fused-ring (bicyclic) bond motifs is 1. The molecule has 1 aliphatic carbocycles. The van der Waals surface area contributed by atoms with E-state index in [2.05, 4.69) is 10.2 Å². The van der Waals surface area contributed by atoms with Crippen LogP contribution in [0.5, 0.6) is 0 Å². The Morgan fingerprint density at radius 1 is 1.04 bits per heavy atom. The highest BCUT2D eigenvalue weighted by Gasteiger charge is 2.27. The predicted octanol–water partition coefficient (Wildman–Crippen LogP) is 2.77. The summed E-state index contributed by atoms with van der Waals surface area (Å²) >= 11 is 0. The summed E-state index contributed by atoms with van der Waals surface area (Å²) in [4.78, 5) is 27.7. The van der Waals surface area contributed by atoms with E-state index in [4.69, 9.17) is 0 Å². The van der Waals surface area contributed by atoms with Crippen LogP contribution in [0.2, 0.25) is 0 Å². The Kier molecular flexibility index (Phi) is 5.85. The maximum atomic E-state index is 13.2. The van der Waals surface area contributed by atoms with Gasteiger partial charge in [0.2, 0.25) is 5.91 Å². The number of hydrogen-bond donors (Lipinski definition) is 1. The highest BCUT2D eigenvalue weighted by Crippen LogP contribution is 2.29. The maximum Gasteiger partial charge on any atom is 0.329 e. The van der Waals surface area contributed by atoms with Gasteiger partial charge in [0, 0.05) is 32.7 Å². The number of likely N-dealkylation sites (N-methyl/N-ethyl adjacent to an activating group) is 1. The van der Waals surface area contributed by atoms with E-state index in [0.717, 1.165) is 42.9 Å². The molecule has 2 fully saturated rings. The molecular formula is C22H32N4O2. The van der Waals surface area contributed by atoms with Crippen molar-refractivity contribution in [1.29, 1.82) is 0 Å². The molecular weight excluding hydrogens is 352 g/mol. The molecule has 1 N–H and O–H groups in total. The molecule has 6 heteroatoms. The van der Waals surface area contributed by atoms with Crippen LogP contribution in [-0.4, -0.2) is 46.6 Å². The second kappa shape index (κ2) is 8.52. The Morgan fingerprint density at radius 3 is 2.39 bits per heavy atom. The average molecular weight is 385 g/mol. The minimum absolute atomic E-state index is 0.0597. The van der Waals surface area contributed by atoms with Crippen molar-refractivity contribution in [2.24, 2.45) is 5.92 Å². The van der Waals surface area contributed by atoms with Gasteiger partial charge in [0.1, 0.15) is 6.54 Å². The first-order valence-electron chi connectivity index (χ1n) is 10.8. The highest BCUT2D eigenvalue weighted by atomic mass is 16.2. The molecule has 1 saturated carbocycles. The number of piperidine rings is 1. The fourth-order valence-electron chi connectivity index (χ4n) is 5.06. The number of nitrogens with one attached hydrogen (secondary N) is 1. The number of benzene rings is 1. The smallest absolute Gasteiger partial charge is 0.329 e. The van der Waals surface area contributed by atoms with Crippen molar-refractivity contribution >= 4 is 16.9 Å². The van der Waals surface area contributed by atoms with Gasteiger partial charge in [-0.1, -0.05) is 31.4 Å². The number of amides is 1. The van der Waals surface area contributed by atoms with E-state index < -0.39 is 0 Å². The van der Waals surface area contributed by atoms with E-state index >= 15 is 0 Å². The number of hydrogen-bond acceptors (Lipinski definition) is 3. The van der Waals surface area contributed by atoms with Gasteiger partial charge in [0.05, 0.1) is 11.0 Å². The quantitative estimate of drug-likeness (QED) is 0.862. The lowest BCUT2D eigenvalue weighted by atomic mass is 9.88. The van der Waals surface area contributed by atoms with Gasteiger partial charge >= 0.3 is 5.69 Å². The Morgan fingerprint density at radius 2 is 1.71 bits per heavy atom. The summed E-state index contributed by atoms with van der Waals surface area (Å²) in [6.07, 6.45) is 8.95. The monoisotopic (exact) mass is 384 g/mol. The minimum atomic E-state index is -0.146. The number of imidazole rings is 1. The molecule has 1 amide bonds. The summed E-state index contributed by atoms with van der Waals surface area (Å²) in [5, 5.41) is 2.62. The lowest BCUT2D eigenvalue weighted by molar-refractivity contribution is -0.121. The fourth-order valence-corrected chi connectivity index (χ4v) is 5.06. The molecule has 28 heavy (non-hydrogen) atoms. The Labute approximate surface area is 166 Å². The summed E-state index contributed by atoms with van der Waals surface area (Å²) in [7, 11) is 1.61. The molecule has 6 nitrogen and oxygen atoms in total. The van der Waals surface area contributed by atoms with Crippen LogP contribution in [-0.2, 0) is 11.3 Å². The molecule has 4 rings (SSSR count). The highest BCUT2D eigenvalue weighted by molar-refractivity contribution is 5.80. The molecule has 0 bridgehead atoms. The number of likely N-dealkylation sites (tertiary alicyclic amines) is 1. The van der Waals surface area contributed by atoms with Gasteiger partial charge in [-0.25, -0.2) is 4.79 Å². The van der Waals surface area contributed by atoms with Gasteiger partial charge in [-0.2, -0.15) is 0 Å². The Hall–Kier alpha value is -2.08. The summed E-state index contributed by atoms with van der Waals surface area (Å²) in [5.41, 5.74) is 1.73. The minimum Gasteiger partial charge on any atom is -0.358 e. The first-order chi connectivity index (χ1) is 13.7. The number of aromatic nitrogens is 2. The van der Waals surface area contributed by atoms with Gasteiger partial charge in [-0.05, 0) is 43.7 Å². The van der Waals surface area contributed by atoms with Gasteiger partial charge in [0.25, 0.3) is 0 Å². The zero-order valence-corrected chi connectivity index (χ0v) is 16.9. The number of rotatable bonds is 5. The van der Waals surface area contributed by atoms with Gasteiger partial charge in [-0.3, -0.25) is 13.9 Å².